The predicted octanol–water partition coefficient (Wildman–Crippen LogP) is 3.85. The molecule has 0 aliphatic carbocycles. The number of fused-ring (bicyclic) bond motifs is 1. The van der Waals surface area contributed by atoms with Gasteiger partial charge in [0.05, 0.1) is 18.5 Å². The summed E-state index contributed by atoms with van der Waals surface area (Å²) in [5.41, 5.74) is 1.02. The van der Waals surface area contributed by atoms with Gasteiger partial charge in [-0.25, -0.2) is 0 Å². The number of benzene rings is 2. The minimum Gasteiger partial charge on any atom is -0.494 e. The van der Waals surface area contributed by atoms with Gasteiger partial charge in [0.15, 0.2) is 0 Å². The van der Waals surface area contributed by atoms with Crippen LogP contribution in [0.2, 0.25) is 0 Å². The van der Waals surface area contributed by atoms with Crippen molar-refractivity contribution >= 4 is 39.7 Å². The number of nitrogens with one attached hydrogen (secondary N) is 1. The van der Waals surface area contributed by atoms with E-state index in [-0.39, 0.29) is 22.4 Å². The van der Waals surface area contributed by atoms with Gasteiger partial charge in [0.25, 0.3) is 5.24 Å². The molecule has 2 amide bonds. The minimum absolute atomic E-state index is 0.165. The van der Waals surface area contributed by atoms with E-state index in [0.29, 0.717) is 26.1 Å². The standard InChI is InChI=1S/C21H23NO5S/c1-2-26-19(23)5-3-4-10-27-17-9-8-15-11-14(6-7-16(15)13-17)12-18-20(24)22-21(25)28-18/h6-9,11,13,18H,2-5,10,12H2,1H3,(H,22,24,25). The van der Waals surface area contributed by atoms with E-state index in [1.807, 2.05) is 36.4 Å². The smallest absolute Gasteiger partial charge is 0.305 e. The molecule has 1 aliphatic rings. The molecule has 0 bridgehead atoms. The van der Waals surface area contributed by atoms with Crippen molar-refractivity contribution in [1.29, 1.82) is 0 Å². The van der Waals surface area contributed by atoms with E-state index in [0.717, 1.165) is 46.7 Å². The van der Waals surface area contributed by atoms with Crippen molar-refractivity contribution in [3.63, 3.8) is 0 Å². The number of hydrogen-bond acceptors (Lipinski definition) is 6. The molecule has 7 heteroatoms. The Balaban J connectivity index is 1.52. The SMILES string of the molecule is CCOC(=O)CCCCOc1ccc2cc(CC3SC(=O)NC3=O)ccc2c1. The number of imide groups is 1. The minimum atomic E-state index is -0.359. The van der Waals surface area contributed by atoms with Gasteiger partial charge < -0.3 is 9.47 Å². The van der Waals surface area contributed by atoms with Crippen LogP contribution in [0, 0.1) is 0 Å². The lowest BCUT2D eigenvalue weighted by Gasteiger charge is -2.09. The zero-order valence-electron chi connectivity index (χ0n) is 15.7. The summed E-state index contributed by atoms with van der Waals surface area (Å²) in [5.74, 6) is 0.399. The van der Waals surface area contributed by atoms with Crippen LogP contribution < -0.4 is 10.1 Å². The molecule has 1 fully saturated rings. The second-order valence-electron chi connectivity index (χ2n) is 6.54. The Morgan fingerprint density at radius 3 is 2.64 bits per heavy atom. The summed E-state index contributed by atoms with van der Waals surface area (Å²) in [6.45, 7) is 2.76. The molecule has 1 heterocycles. The molecule has 0 saturated carbocycles. The largest absolute Gasteiger partial charge is 0.494 e. The maximum atomic E-state index is 11.7. The zero-order chi connectivity index (χ0) is 19.9. The molecule has 1 unspecified atom stereocenters. The topological polar surface area (TPSA) is 81.7 Å². The highest BCUT2D eigenvalue weighted by Crippen LogP contribution is 2.26. The van der Waals surface area contributed by atoms with Gasteiger partial charge in [0.1, 0.15) is 5.75 Å². The molecular formula is C21H23NO5S. The molecule has 1 aliphatic heterocycles. The molecule has 0 radical (unpaired) electrons. The number of ether oxygens (including phenoxy) is 2. The first-order valence-electron chi connectivity index (χ1n) is 9.38. The molecule has 1 saturated heterocycles. The molecule has 6 nitrogen and oxygen atoms in total. The Hall–Kier alpha value is -2.54. The van der Waals surface area contributed by atoms with Gasteiger partial charge in [0.2, 0.25) is 5.91 Å². The van der Waals surface area contributed by atoms with E-state index in [1.54, 1.807) is 6.92 Å². The maximum Gasteiger partial charge on any atom is 0.305 e. The second kappa shape index (κ2) is 9.59. The molecule has 1 atom stereocenters. The van der Waals surface area contributed by atoms with Crippen LogP contribution in [-0.4, -0.2) is 35.6 Å². The third-order valence-corrected chi connectivity index (χ3v) is 5.39. The fraction of sp³-hybridized carbons (Fsp3) is 0.381. The van der Waals surface area contributed by atoms with E-state index < -0.39 is 0 Å². The van der Waals surface area contributed by atoms with Crippen molar-refractivity contribution in [1.82, 2.24) is 5.32 Å². The Bertz CT molecular complexity index is 882. The monoisotopic (exact) mass is 401 g/mol. The van der Waals surface area contributed by atoms with Crippen LogP contribution in [0.15, 0.2) is 36.4 Å². The third kappa shape index (κ3) is 5.48. The first-order valence-corrected chi connectivity index (χ1v) is 10.3. The lowest BCUT2D eigenvalue weighted by molar-refractivity contribution is -0.143. The second-order valence-corrected chi connectivity index (χ2v) is 7.72. The summed E-state index contributed by atoms with van der Waals surface area (Å²) in [6, 6.07) is 11.9. The van der Waals surface area contributed by atoms with Crippen molar-refractivity contribution in [2.45, 2.75) is 37.9 Å². The van der Waals surface area contributed by atoms with Crippen LogP contribution in [0.3, 0.4) is 0 Å². The number of esters is 1. The number of carbonyl (C=O) groups excluding carboxylic acids is 3. The van der Waals surface area contributed by atoms with Gasteiger partial charge in [-0.05, 0) is 54.7 Å². The molecule has 1 N–H and O–H groups in total. The average Bonchev–Trinajstić information content (AvgIpc) is 2.98. The number of rotatable bonds is 9. The fourth-order valence-corrected chi connectivity index (χ4v) is 3.89. The highest BCUT2D eigenvalue weighted by Gasteiger charge is 2.31. The van der Waals surface area contributed by atoms with E-state index in [4.69, 9.17) is 9.47 Å². The van der Waals surface area contributed by atoms with Crippen molar-refractivity contribution in [2.75, 3.05) is 13.2 Å². The van der Waals surface area contributed by atoms with E-state index >= 15 is 0 Å². The van der Waals surface area contributed by atoms with Crippen LogP contribution in [0.5, 0.6) is 5.75 Å². The lowest BCUT2D eigenvalue weighted by atomic mass is 10.0. The molecule has 148 valence electrons. The Morgan fingerprint density at radius 2 is 1.89 bits per heavy atom. The summed E-state index contributed by atoms with van der Waals surface area (Å²) >= 11 is 1.05. The first-order chi connectivity index (χ1) is 13.5. The van der Waals surface area contributed by atoms with Crippen molar-refractivity contribution in [2.24, 2.45) is 0 Å². The fourth-order valence-electron chi connectivity index (χ4n) is 3.03. The lowest BCUT2D eigenvalue weighted by Crippen LogP contribution is -2.25. The van der Waals surface area contributed by atoms with Gasteiger partial charge >= 0.3 is 5.97 Å². The van der Waals surface area contributed by atoms with Crippen LogP contribution in [0.25, 0.3) is 10.8 Å². The third-order valence-electron chi connectivity index (χ3n) is 4.41. The van der Waals surface area contributed by atoms with Gasteiger partial charge in [0, 0.05) is 6.42 Å². The normalized spacial score (nSPS) is 16.2. The summed E-state index contributed by atoms with van der Waals surface area (Å²) < 4.78 is 10.7. The number of thioether (sulfide) groups is 1. The van der Waals surface area contributed by atoms with Gasteiger partial charge in [-0.1, -0.05) is 36.0 Å². The molecule has 3 rings (SSSR count). The summed E-state index contributed by atoms with van der Waals surface area (Å²) in [4.78, 5) is 34.3. The van der Waals surface area contributed by atoms with E-state index in [2.05, 4.69) is 5.32 Å². The molecule has 2 aromatic carbocycles. The number of carbonyl (C=O) groups is 3. The molecule has 2 aromatic rings. The van der Waals surface area contributed by atoms with Crippen LogP contribution >= 0.6 is 11.8 Å². The molecule has 28 heavy (non-hydrogen) atoms. The Kier molecular flexibility index (Phi) is 6.92. The predicted molar refractivity (Wildman–Crippen MR) is 109 cm³/mol. The van der Waals surface area contributed by atoms with Gasteiger partial charge in [-0.3, -0.25) is 19.7 Å². The molecule has 0 spiro atoms. The summed E-state index contributed by atoms with van der Waals surface area (Å²) in [6.07, 6.45) is 2.47. The molecule has 0 aromatic heterocycles. The van der Waals surface area contributed by atoms with Crippen molar-refractivity contribution in [3.05, 3.63) is 42.0 Å². The van der Waals surface area contributed by atoms with Gasteiger partial charge in [-0.15, -0.1) is 0 Å². The summed E-state index contributed by atoms with van der Waals surface area (Å²) in [7, 11) is 0. The number of unbranched alkanes of at least 4 members (excludes halogenated alkanes) is 1. The first kappa shape index (κ1) is 20.2. The highest BCUT2D eigenvalue weighted by molar-refractivity contribution is 8.15. The van der Waals surface area contributed by atoms with E-state index in [9.17, 15) is 14.4 Å². The zero-order valence-corrected chi connectivity index (χ0v) is 16.6. The maximum absolute atomic E-state index is 11.7. The molecular weight excluding hydrogens is 378 g/mol. The van der Waals surface area contributed by atoms with Crippen molar-refractivity contribution in [3.8, 4) is 5.75 Å². The van der Waals surface area contributed by atoms with Crippen LogP contribution in [-0.2, 0) is 20.7 Å². The highest BCUT2D eigenvalue weighted by atomic mass is 32.2. The van der Waals surface area contributed by atoms with E-state index in [1.165, 1.54) is 0 Å². The van der Waals surface area contributed by atoms with Crippen molar-refractivity contribution < 1.29 is 23.9 Å². The Morgan fingerprint density at radius 1 is 1.11 bits per heavy atom. The quantitative estimate of drug-likeness (QED) is 0.508. The van der Waals surface area contributed by atoms with Gasteiger partial charge in [-0.2, -0.15) is 0 Å². The Labute approximate surface area is 168 Å². The number of hydrogen-bond donors (Lipinski definition) is 1. The van der Waals surface area contributed by atoms with Crippen LogP contribution in [0.1, 0.15) is 31.7 Å². The van der Waals surface area contributed by atoms with Crippen LogP contribution in [0.4, 0.5) is 4.79 Å². The number of amides is 2. The average molecular weight is 401 g/mol. The summed E-state index contributed by atoms with van der Waals surface area (Å²) in [5, 5.41) is 3.78.